The molecular formula is C23H18F4N4O5. The van der Waals surface area contributed by atoms with E-state index in [0.717, 1.165) is 6.07 Å². The number of nitro benzene ring substituents is 1. The van der Waals surface area contributed by atoms with Crippen LogP contribution >= 0.6 is 0 Å². The molecule has 0 aromatic heterocycles. The summed E-state index contributed by atoms with van der Waals surface area (Å²) in [6.45, 7) is -0.361. The predicted octanol–water partition coefficient (Wildman–Crippen LogP) is 5.22. The number of amides is 1. The second kappa shape index (κ2) is 11.2. The highest BCUT2D eigenvalue weighted by Gasteiger charge is 2.33. The Morgan fingerprint density at radius 3 is 2.44 bits per heavy atom. The zero-order chi connectivity index (χ0) is 26.3. The van der Waals surface area contributed by atoms with Crippen molar-refractivity contribution in [1.82, 2.24) is 0 Å². The van der Waals surface area contributed by atoms with Crippen LogP contribution in [0.1, 0.15) is 11.1 Å². The Bertz CT molecular complexity index is 1280. The first-order valence-electron chi connectivity index (χ1n) is 10.1. The Hall–Kier alpha value is -4.68. The monoisotopic (exact) mass is 506 g/mol. The van der Waals surface area contributed by atoms with E-state index in [9.17, 15) is 32.5 Å². The number of rotatable bonds is 9. The predicted molar refractivity (Wildman–Crippen MR) is 123 cm³/mol. The molecule has 3 aromatic carbocycles. The first-order chi connectivity index (χ1) is 17.1. The molecule has 0 aliphatic heterocycles. The second-order valence-electron chi connectivity index (χ2n) is 7.11. The van der Waals surface area contributed by atoms with Gasteiger partial charge in [0.05, 0.1) is 23.8 Å². The van der Waals surface area contributed by atoms with Crippen molar-refractivity contribution in [3.63, 3.8) is 0 Å². The normalized spacial score (nSPS) is 11.2. The van der Waals surface area contributed by atoms with Gasteiger partial charge in [-0.1, -0.05) is 0 Å². The summed E-state index contributed by atoms with van der Waals surface area (Å²) in [6, 6.07) is 11.8. The van der Waals surface area contributed by atoms with Crippen molar-refractivity contribution in [2.45, 2.75) is 6.18 Å². The van der Waals surface area contributed by atoms with E-state index in [4.69, 9.17) is 9.47 Å². The molecule has 9 nitrogen and oxygen atoms in total. The average Bonchev–Trinajstić information content (AvgIpc) is 2.83. The highest BCUT2D eigenvalue weighted by Crippen LogP contribution is 2.35. The van der Waals surface area contributed by atoms with Gasteiger partial charge in [-0.3, -0.25) is 20.3 Å². The number of halogens is 4. The number of nitro groups is 1. The molecule has 2 N–H and O–H groups in total. The Morgan fingerprint density at radius 1 is 1.08 bits per heavy atom. The average molecular weight is 506 g/mol. The number of methoxy groups -OCH3 is 1. The number of anilines is 2. The van der Waals surface area contributed by atoms with Gasteiger partial charge in [0.2, 0.25) is 0 Å². The Balaban J connectivity index is 1.65. The Morgan fingerprint density at radius 2 is 1.81 bits per heavy atom. The molecule has 0 atom stereocenters. The van der Waals surface area contributed by atoms with E-state index >= 15 is 0 Å². The molecule has 13 heteroatoms. The maximum atomic E-state index is 12.9. The molecule has 0 spiro atoms. The number of carbonyl (C=O) groups excluding carboxylic acids is 1. The van der Waals surface area contributed by atoms with Crippen LogP contribution in [-0.4, -0.2) is 30.8 Å². The first-order valence-corrected chi connectivity index (χ1v) is 10.1. The number of ether oxygens (including phenoxy) is 2. The van der Waals surface area contributed by atoms with E-state index in [1.54, 1.807) is 6.07 Å². The van der Waals surface area contributed by atoms with E-state index in [1.165, 1.54) is 49.7 Å². The van der Waals surface area contributed by atoms with Gasteiger partial charge < -0.3 is 14.8 Å². The van der Waals surface area contributed by atoms with Crippen LogP contribution in [0.25, 0.3) is 0 Å². The molecule has 0 bridgehead atoms. The van der Waals surface area contributed by atoms with Crippen molar-refractivity contribution < 1.29 is 36.8 Å². The maximum absolute atomic E-state index is 12.9. The molecule has 36 heavy (non-hydrogen) atoms. The van der Waals surface area contributed by atoms with Crippen LogP contribution in [0.4, 0.5) is 34.6 Å². The lowest BCUT2D eigenvalue weighted by atomic mass is 10.1. The van der Waals surface area contributed by atoms with E-state index in [0.29, 0.717) is 23.4 Å². The number of nitrogens with one attached hydrogen (secondary N) is 2. The van der Waals surface area contributed by atoms with Crippen molar-refractivity contribution in [2.75, 3.05) is 24.5 Å². The summed E-state index contributed by atoms with van der Waals surface area (Å²) < 4.78 is 62.1. The van der Waals surface area contributed by atoms with Crippen LogP contribution in [0.3, 0.4) is 0 Å². The first kappa shape index (κ1) is 25.9. The number of hydrazone groups is 1. The molecule has 3 rings (SSSR count). The summed E-state index contributed by atoms with van der Waals surface area (Å²) in [7, 11) is 1.37. The third-order valence-corrected chi connectivity index (χ3v) is 4.59. The summed E-state index contributed by atoms with van der Waals surface area (Å²) in [5, 5.41) is 17.5. The van der Waals surface area contributed by atoms with Gasteiger partial charge in [-0.25, -0.2) is 4.39 Å². The third kappa shape index (κ3) is 6.91. The fourth-order valence-corrected chi connectivity index (χ4v) is 2.89. The van der Waals surface area contributed by atoms with Crippen LogP contribution in [-0.2, 0) is 11.0 Å². The van der Waals surface area contributed by atoms with Gasteiger partial charge in [-0.15, -0.1) is 0 Å². The minimum absolute atomic E-state index is 0.232. The highest BCUT2D eigenvalue weighted by atomic mass is 19.4. The molecule has 0 aliphatic carbocycles. The third-order valence-electron chi connectivity index (χ3n) is 4.59. The van der Waals surface area contributed by atoms with Gasteiger partial charge in [0, 0.05) is 11.8 Å². The van der Waals surface area contributed by atoms with Gasteiger partial charge in [0.15, 0.2) is 18.1 Å². The van der Waals surface area contributed by atoms with Gasteiger partial charge >= 0.3 is 6.18 Å². The summed E-state index contributed by atoms with van der Waals surface area (Å²) >= 11 is 0. The molecule has 0 fully saturated rings. The van der Waals surface area contributed by atoms with Crippen LogP contribution < -0.4 is 20.2 Å². The molecule has 0 unspecified atom stereocenters. The summed E-state index contributed by atoms with van der Waals surface area (Å²) in [5.74, 6) is -0.452. The number of carbonyl (C=O) groups is 1. The number of hydrogen-bond acceptors (Lipinski definition) is 7. The zero-order valence-electron chi connectivity index (χ0n) is 18.5. The van der Waals surface area contributed by atoms with Crippen LogP contribution in [0.5, 0.6) is 11.5 Å². The van der Waals surface area contributed by atoms with Gasteiger partial charge in [0.1, 0.15) is 11.5 Å². The Kier molecular flexibility index (Phi) is 8.04. The minimum atomic E-state index is -4.73. The maximum Gasteiger partial charge on any atom is 0.416 e. The van der Waals surface area contributed by atoms with Gasteiger partial charge in [-0.05, 0) is 60.2 Å². The van der Waals surface area contributed by atoms with Crippen molar-refractivity contribution in [3.05, 3.63) is 87.7 Å². The lowest BCUT2D eigenvalue weighted by molar-refractivity contribution is -0.384. The van der Waals surface area contributed by atoms with E-state index < -0.39 is 34.1 Å². The number of alkyl halides is 3. The number of nitrogens with zero attached hydrogens (tertiary/aromatic N) is 2. The van der Waals surface area contributed by atoms with E-state index in [1.807, 2.05) is 0 Å². The minimum Gasteiger partial charge on any atom is -0.493 e. The van der Waals surface area contributed by atoms with Crippen molar-refractivity contribution in [1.29, 1.82) is 0 Å². The highest BCUT2D eigenvalue weighted by molar-refractivity contribution is 5.92. The van der Waals surface area contributed by atoms with Gasteiger partial charge in [-0.2, -0.15) is 18.3 Å². The molecule has 3 aromatic rings. The summed E-state index contributed by atoms with van der Waals surface area (Å²) in [6.07, 6.45) is -3.47. The second-order valence-corrected chi connectivity index (χ2v) is 7.11. The van der Waals surface area contributed by atoms with Crippen LogP contribution in [0.15, 0.2) is 65.8 Å². The molecule has 0 heterocycles. The lowest BCUT2D eigenvalue weighted by Crippen LogP contribution is -2.20. The van der Waals surface area contributed by atoms with E-state index in [-0.39, 0.29) is 23.8 Å². The van der Waals surface area contributed by atoms with Crippen molar-refractivity contribution >= 4 is 29.2 Å². The molecule has 188 valence electrons. The molecule has 1 amide bonds. The van der Waals surface area contributed by atoms with Crippen LogP contribution in [0.2, 0.25) is 0 Å². The van der Waals surface area contributed by atoms with Crippen molar-refractivity contribution in [2.24, 2.45) is 5.10 Å². The molecular weight excluding hydrogens is 488 g/mol. The van der Waals surface area contributed by atoms with Gasteiger partial charge in [0.25, 0.3) is 11.6 Å². The Labute approximate surface area is 201 Å². The standard InChI is InChI=1S/C23H18F4N4O5/c1-35-21-10-14(2-9-20(21)36-13-22(32)29-17-6-4-16(24)5-7-17)12-28-30-18-8-3-15(23(25,26)27)11-19(18)31(33)34/h2-12,30H,13H2,1H3,(H,29,32)/b28-12-. The number of hydrogen-bond donors (Lipinski definition) is 2. The summed E-state index contributed by atoms with van der Waals surface area (Å²) in [5.41, 5.74) is 1.02. The number of benzene rings is 3. The summed E-state index contributed by atoms with van der Waals surface area (Å²) in [4.78, 5) is 22.3. The molecule has 0 saturated heterocycles. The van der Waals surface area contributed by atoms with Crippen LogP contribution in [0, 0.1) is 15.9 Å². The smallest absolute Gasteiger partial charge is 0.416 e. The largest absolute Gasteiger partial charge is 0.493 e. The lowest BCUT2D eigenvalue weighted by Gasteiger charge is -2.11. The molecule has 0 aliphatic rings. The van der Waals surface area contributed by atoms with E-state index in [2.05, 4.69) is 15.8 Å². The van der Waals surface area contributed by atoms with Crippen molar-refractivity contribution in [3.8, 4) is 11.5 Å². The topological polar surface area (TPSA) is 115 Å². The zero-order valence-corrected chi connectivity index (χ0v) is 18.5. The quantitative estimate of drug-likeness (QED) is 0.178. The fraction of sp³-hybridized carbons (Fsp3) is 0.130. The SMILES string of the molecule is COc1cc(/C=N\Nc2ccc(C(F)(F)F)cc2[N+](=O)[O-])ccc1OCC(=O)Nc1ccc(F)cc1. The fourth-order valence-electron chi connectivity index (χ4n) is 2.89. The molecule has 0 radical (unpaired) electrons. The molecule has 0 saturated carbocycles.